The van der Waals surface area contributed by atoms with Gasteiger partial charge in [-0.05, 0) is 37.6 Å². The van der Waals surface area contributed by atoms with Crippen molar-refractivity contribution in [3.63, 3.8) is 0 Å². The zero-order chi connectivity index (χ0) is 24.0. The van der Waals surface area contributed by atoms with Crippen LogP contribution in [0.25, 0.3) is 16.0 Å². The van der Waals surface area contributed by atoms with E-state index in [0.29, 0.717) is 22.0 Å². The second-order valence-electron chi connectivity index (χ2n) is 8.28. The molecule has 1 N–H and O–H groups in total. The molecule has 1 aliphatic rings. The number of nitrogens with zero attached hydrogens (tertiary/aromatic N) is 2. The Kier molecular flexibility index (Phi) is 5.42. The maximum absolute atomic E-state index is 13.3. The SMILES string of the molecule is COc1ccc2nc(N3C(=O)C(=O)C(=C(O)c4ccc(C)cc4)[C@H]3c3ccc(C)cc3)sc2c1. The number of carbonyl (C=O) groups excluding carboxylic acids is 2. The largest absolute Gasteiger partial charge is 0.507 e. The van der Waals surface area contributed by atoms with Crippen molar-refractivity contribution in [2.75, 3.05) is 12.0 Å². The Balaban J connectivity index is 1.71. The van der Waals surface area contributed by atoms with Gasteiger partial charge in [0, 0.05) is 5.56 Å². The van der Waals surface area contributed by atoms with Crippen LogP contribution in [0, 0.1) is 13.8 Å². The summed E-state index contributed by atoms with van der Waals surface area (Å²) in [6.45, 7) is 3.91. The van der Waals surface area contributed by atoms with Crippen molar-refractivity contribution in [1.29, 1.82) is 0 Å². The molecule has 0 unspecified atom stereocenters. The Morgan fingerprint density at radius 1 is 0.971 bits per heavy atom. The number of thiazole rings is 1. The second kappa shape index (κ2) is 8.43. The van der Waals surface area contributed by atoms with E-state index in [4.69, 9.17) is 4.74 Å². The van der Waals surface area contributed by atoms with Gasteiger partial charge in [0.15, 0.2) is 5.13 Å². The molecule has 1 aromatic heterocycles. The van der Waals surface area contributed by atoms with Crippen LogP contribution in [0.3, 0.4) is 0 Å². The molecule has 1 aliphatic heterocycles. The first kappa shape index (κ1) is 21.9. The smallest absolute Gasteiger partial charge is 0.301 e. The quantitative estimate of drug-likeness (QED) is 0.240. The van der Waals surface area contributed by atoms with Crippen molar-refractivity contribution in [2.24, 2.45) is 0 Å². The maximum Gasteiger partial charge on any atom is 0.301 e. The Morgan fingerprint density at radius 3 is 2.26 bits per heavy atom. The highest BCUT2D eigenvalue weighted by atomic mass is 32.1. The molecule has 0 saturated carbocycles. The second-order valence-corrected chi connectivity index (χ2v) is 9.29. The number of methoxy groups -OCH3 is 1. The summed E-state index contributed by atoms with van der Waals surface area (Å²) in [6, 6.07) is 19.4. The van der Waals surface area contributed by atoms with Gasteiger partial charge in [-0.15, -0.1) is 0 Å². The Bertz CT molecular complexity index is 1450. The highest BCUT2D eigenvalue weighted by Crippen LogP contribution is 2.44. The van der Waals surface area contributed by atoms with Crippen molar-refractivity contribution in [3.05, 3.63) is 94.6 Å². The van der Waals surface area contributed by atoms with Crippen LogP contribution in [-0.2, 0) is 9.59 Å². The highest BCUT2D eigenvalue weighted by Gasteiger charge is 2.48. The van der Waals surface area contributed by atoms with Crippen molar-refractivity contribution >= 4 is 44.1 Å². The molecule has 1 fully saturated rings. The molecule has 1 saturated heterocycles. The van der Waals surface area contributed by atoms with E-state index in [1.54, 1.807) is 25.3 Å². The Labute approximate surface area is 200 Å². The lowest BCUT2D eigenvalue weighted by Crippen LogP contribution is -2.29. The number of ether oxygens (including phenoxy) is 1. The molecule has 170 valence electrons. The Morgan fingerprint density at radius 2 is 1.62 bits per heavy atom. The molecule has 1 atom stereocenters. The van der Waals surface area contributed by atoms with Gasteiger partial charge in [-0.2, -0.15) is 0 Å². The normalized spacial score (nSPS) is 17.5. The molecule has 0 radical (unpaired) electrons. The summed E-state index contributed by atoms with van der Waals surface area (Å²) in [5.74, 6) is -0.973. The minimum absolute atomic E-state index is 0.0505. The topological polar surface area (TPSA) is 79.7 Å². The zero-order valence-corrected chi connectivity index (χ0v) is 19.7. The number of aromatic nitrogens is 1. The summed E-state index contributed by atoms with van der Waals surface area (Å²) in [6.07, 6.45) is 0. The number of aryl methyl sites for hydroxylation is 2. The van der Waals surface area contributed by atoms with Crippen LogP contribution in [0.2, 0.25) is 0 Å². The van der Waals surface area contributed by atoms with Crippen LogP contribution in [0.4, 0.5) is 5.13 Å². The number of hydrogen-bond donors (Lipinski definition) is 1. The predicted molar refractivity (Wildman–Crippen MR) is 133 cm³/mol. The third kappa shape index (κ3) is 3.64. The number of anilines is 1. The first-order valence-electron chi connectivity index (χ1n) is 10.8. The number of Topliss-reactive ketones (excluding diaryl/α,β-unsaturated/α-hetero) is 1. The summed E-state index contributed by atoms with van der Waals surface area (Å²) in [7, 11) is 1.59. The summed E-state index contributed by atoms with van der Waals surface area (Å²) >= 11 is 1.30. The molecule has 1 amide bonds. The molecule has 4 aromatic rings. The molecular formula is C27H22N2O4S. The van der Waals surface area contributed by atoms with Gasteiger partial charge in [0.1, 0.15) is 11.5 Å². The van der Waals surface area contributed by atoms with E-state index >= 15 is 0 Å². The van der Waals surface area contributed by atoms with E-state index in [2.05, 4.69) is 4.98 Å². The number of carbonyl (C=O) groups is 2. The van der Waals surface area contributed by atoms with Crippen LogP contribution < -0.4 is 9.64 Å². The lowest BCUT2D eigenvalue weighted by atomic mass is 9.94. The number of hydrogen-bond acceptors (Lipinski definition) is 6. The molecule has 0 bridgehead atoms. The number of rotatable bonds is 4. The van der Waals surface area contributed by atoms with Crippen LogP contribution >= 0.6 is 11.3 Å². The van der Waals surface area contributed by atoms with Gasteiger partial charge >= 0.3 is 5.91 Å². The first-order valence-corrected chi connectivity index (χ1v) is 11.6. The lowest BCUT2D eigenvalue weighted by Gasteiger charge is -2.23. The van der Waals surface area contributed by atoms with E-state index < -0.39 is 17.7 Å². The van der Waals surface area contributed by atoms with Gasteiger partial charge < -0.3 is 9.84 Å². The van der Waals surface area contributed by atoms with Gasteiger partial charge in [0.2, 0.25) is 0 Å². The molecule has 3 aromatic carbocycles. The highest BCUT2D eigenvalue weighted by molar-refractivity contribution is 7.22. The monoisotopic (exact) mass is 470 g/mol. The van der Waals surface area contributed by atoms with E-state index in [9.17, 15) is 14.7 Å². The third-order valence-corrected chi connectivity index (χ3v) is 6.97. The van der Waals surface area contributed by atoms with Crippen LogP contribution in [0.1, 0.15) is 28.3 Å². The molecule has 0 aliphatic carbocycles. The lowest BCUT2D eigenvalue weighted by molar-refractivity contribution is -0.132. The predicted octanol–water partition coefficient (Wildman–Crippen LogP) is 5.55. The number of fused-ring (bicyclic) bond motifs is 1. The number of amides is 1. The molecular weight excluding hydrogens is 448 g/mol. The zero-order valence-electron chi connectivity index (χ0n) is 18.9. The van der Waals surface area contributed by atoms with Crippen molar-refractivity contribution in [2.45, 2.75) is 19.9 Å². The third-order valence-electron chi connectivity index (χ3n) is 5.95. The summed E-state index contributed by atoms with van der Waals surface area (Å²) in [4.78, 5) is 32.6. The average Bonchev–Trinajstić information content (AvgIpc) is 3.37. The average molecular weight is 471 g/mol. The fourth-order valence-electron chi connectivity index (χ4n) is 4.08. The fourth-order valence-corrected chi connectivity index (χ4v) is 5.10. The number of ketones is 1. The van der Waals surface area contributed by atoms with E-state index in [-0.39, 0.29) is 11.3 Å². The molecule has 6 nitrogen and oxygen atoms in total. The number of aliphatic hydroxyl groups is 1. The summed E-state index contributed by atoms with van der Waals surface area (Å²) < 4.78 is 6.14. The number of benzene rings is 3. The fraction of sp³-hybridized carbons (Fsp3) is 0.148. The molecule has 34 heavy (non-hydrogen) atoms. The molecule has 0 spiro atoms. The van der Waals surface area contributed by atoms with Crippen LogP contribution in [-0.4, -0.2) is 28.9 Å². The maximum atomic E-state index is 13.3. The van der Waals surface area contributed by atoms with E-state index in [1.165, 1.54) is 16.2 Å². The number of aliphatic hydroxyl groups excluding tert-OH is 1. The van der Waals surface area contributed by atoms with Crippen molar-refractivity contribution < 1.29 is 19.4 Å². The minimum Gasteiger partial charge on any atom is -0.507 e. The van der Waals surface area contributed by atoms with Gasteiger partial charge in [-0.1, -0.05) is 71.0 Å². The summed E-state index contributed by atoms with van der Waals surface area (Å²) in [5.41, 5.74) is 4.02. The Hall–Kier alpha value is -3.97. The molecule has 2 heterocycles. The standard InChI is InChI=1S/C27H22N2O4S/c1-15-4-8-17(9-5-15)23-22(24(30)18-10-6-16(2)7-11-18)25(31)26(32)29(23)27-28-20-13-12-19(33-3)14-21(20)34-27/h4-14,23,30H,1-3H3/t23-/m1/s1. The van der Waals surface area contributed by atoms with Gasteiger partial charge in [0.25, 0.3) is 5.78 Å². The molecule has 5 rings (SSSR count). The van der Waals surface area contributed by atoms with E-state index in [0.717, 1.165) is 21.4 Å². The van der Waals surface area contributed by atoms with Gasteiger partial charge in [0.05, 0.1) is 28.9 Å². The van der Waals surface area contributed by atoms with Gasteiger partial charge in [-0.25, -0.2) is 4.98 Å². The minimum atomic E-state index is -0.802. The molecule has 7 heteroatoms. The van der Waals surface area contributed by atoms with Crippen LogP contribution in [0.15, 0.2) is 72.3 Å². The van der Waals surface area contributed by atoms with Crippen molar-refractivity contribution in [1.82, 2.24) is 4.98 Å². The summed E-state index contributed by atoms with van der Waals surface area (Å²) in [5, 5.41) is 11.6. The van der Waals surface area contributed by atoms with Crippen LogP contribution in [0.5, 0.6) is 5.75 Å². The van der Waals surface area contributed by atoms with Crippen molar-refractivity contribution in [3.8, 4) is 5.75 Å². The van der Waals surface area contributed by atoms with Gasteiger partial charge in [-0.3, -0.25) is 14.5 Å². The van der Waals surface area contributed by atoms with E-state index in [1.807, 2.05) is 62.4 Å². The first-order chi connectivity index (χ1) is 16.4.